The molecule has 43 heavy (non-hydrogen) atoms. The lowest BCUT2D eigenvalue weighted by molar-refractivity contribution is -0.251. The maximum atomic E-state index is 12.9. The Hall–Kier alpha value is -1.22. The Bertz CT molecular complexity index is 1100. The van der Waals surface area contributed by atoms with Gasteiger partial charge in [-0.25, -0.2) is 0 Å². The molecule has 246 valence electrons. The van der Waals surface area contributed by atoms with Crippen LogP contribution < -0.4 is 5.73 Å². The number of hydrogen-bond acceptors (Lipinski definition) is 7. The number of carbonyl (C=O) groups is 2. The van der Waals surface area contributed by atoms with Crippen molar-refractivity contribution >= 4 is 11.9 Å². The van der Waals surface area contributed by atoms with E-state index in [1.807, 2.05) is 13.8 Å². The molecular formula is C35H59NO7. The predicted octanol–water partition coefficient (Wildman–Crippen LogP) is 5.45. The number of aliphatic carboxylic acids is 1. The molecule has 1 saturated heterocycles. The van der Waals surface area contributed by atoms with Crippen LogP contribution in [0.25, 0.3) is 0 Å². The quantitative estimate of drug-likeness (QED) is 0.281. The molecule has 4 saturated carbocycles. The van der Waals surface area contributed by atoms with Gasteiger partial charge in [0.15, 0.2) is 0 Å². The summed E-state index contributed by atoms with van der Waals surface area (Å²) in [6.07, 6.45) is 7.54. The largest absolute Gasteiger partial charge is 0.481 e. The van der Waals surface area contributed by atoms with Crippen LogP contribution in [0.1, 0.15) is 126 Å². The third-order valence-corrected chi connectivity index (χ3v) is 14.4. The van der Waals surface area contributed by atoms with Crippen LogP contribution in [0.4, 0.5) is 0 Å². The lowest BCUT2D eigenvalue weighted by Crippen LogP contribution is -2.66. The SMILES string of the molecule is CC(C)(O)[C@@H]1CC[C@@](C)([C@H]2CC[C@]3(C)[C@@H]2[C@H](O)C[C@@H]2[C@@]4(C)CC[C@H](OC(=O)[C@@H](N)CCC(=O)O)C(C)(C)[C@@H]4CC[C@]23C)O1. The molecule has 5 aliphatic rings. The van der Waals surface area contributed by atoms with E-state index in [1.165, 1.54) is 0 Å². The standard InChI is InChI=1S/C35H59NO7/c1-30(2)23-12-17-33(6)24(32(23,5)15-13-25(30)42-29(40)21(36)9-10-27(38)39)19-22(37)28-20(11-16-34(28,33)7)35(8)18-14-26(43-35)31(3,4)41/h20-26,28,37,41H,9-19,36H2,1-8H3,(H,38,39)/t20-,21-,22+,23-,24+,25-,26-,28-,32-,33+,34+,35-/m0/s1. The molecule has 5 fully saturated rings. The first-order valence-electron chi connectivity index (χ1n) is 17.0. The molecule has 0 aromatic carbocycles. The summed E-state index contributed by atoms with van der Waals surface area (Å²) in [5.41, 5.74) is 4.59. The Kier molecular flexibility index (Phi) is 8.22. The number of aliphatic hydroxyl groups is 2. The maximum absolute atomic E-state index is 12.9. The fourth-order valence-electron chi connectivity index (χ4n) is 11.9. The van der Waals surface area contributed by atoms with Gasteiger partial charge in [0.05, 0.1) is 23.4 Å². The van der Waals surface area contributed by atoms with Gasteiger partial charge in [-0.1, -0.05) is 34.6 Å². The van der Waals surface area contributed by atoms with E-state index in [-0.39, 0.29) is 64.1 Å². The second-order valence-corrected chi connectivity index (χ2v) is 17.4. The summed E-state index contributed by atoms with van der Waals surface area (Å²) < 4.78 is 12.7. The van der Waals surface area contributed by atoms with Gasteiger partial charge in [-0.05, 0) is 125 Å². The zero-order valence-corrected chi connectivity index (χ0v) is 27.9. The van der Waals surface area contributed by atoms with Crippen LogP contribution in [0.5, 0.6) is 0 Å². The topological polar surface area (TPSA) is 139 Å². The Morgan fingerprint density at radius 2 is 1.60 bits per heavy atom. The Balaban J connectivity index is 1.37. The molecule has 0 aromatic heterocycles. The number of carbonyl (C=O) groups excluding carboxylic acids is 1. The van der Waals surface area contributed by atoms with E-state index in [1.54, 1.807) is 0 Å². The molecule has 5 rings (SSSR count). The van der Waals surface area contributed by atoms with Crippen molar-refractivity contribution in [1.29, 1.82) is 0 Å². The molecule has 0 radical (unpaired) electrons. The molecule has 5 N–H and O–H groups in total. The summed E-state index contributed by atoms with van der Waals surface area (Å²) in [5, 5.41) is 31.8. The average molecular weight is 606 g/mol. The van der Waals surface area contributed by atoms with Crippen molar-refractivity contribution in [3.05, 3.63) is 0 Å². The second kappa shape index (κ2) is 10.7. The summed E-state index contributed by atoms with van der Waals surface area (Å²) in [6.45, 7) is 17.8. The number of rotatable bonds is 7. The van der Waals surface area contributed by atoms with Crippen molar-refractivity contribution in [2.45, 2.75) is 162 Å². The van der Waals surface area contributed by atoms with Gasteiger partial charge in [0, 0.05) is 11.8 Å². The van der Waals surface area contributed by atoms with Crippen molar-refractivity contribution in [3.8, 4) is 0 Å². The lowest BCUT2D eigenvalue weighted by atomic mass is 9.35. The van der Waals surface area contributed by atoms with E-state index < -0.39 is 29.7 Å². The summed E-state index contributed by atoms with van der Waals surface area (Å²) in [4.78, 5) is 23.9. The van der Waals surface area contributed by atoms with Gasteiger partial charge < -0.3 is 30.5 Å². The van der Waals surface area contributed by atoms with Crippen LogP contribution in [0.2, 0.25) is 0 Å². The van der Waals surface area contributed by atoms with Gasteiger partial charge >= 0.3 is 11.9 Å². The zero-order chi connectivity index (χ0) is 32.0. The number of aliphatic hydroxyl groups excluding tert-OH is 1. The third kappa shape index (κ3) is 5.09. The van der Waals surface area contributed by atoms with Gasteiger partial charge in [0.2, 0.25) is 0 Å². The molecule has 0 aromatic rings. The Morgan fingerprint density at radius 1 is 0.953 bits per heavy atom. The fourth-order valence-corrected chi connectivity index (χ4v) is 11.9. The molecule has 0 spiro atoms. The molecule has 1 aliphatic heterocycles. The normalized spacial score (nSPS) is 48.1. The lowest BCUT2D eigenvalue weighted by Gasteiger charge is -2.70. The third-order valence-electron chi connectivity index (χ3n) is 14.4. The molecule has 0 unspecified atom stereocenters. The number of fused-ring (bicyclic) bond motifs is 5. The minimum atomic E-state index is -0.968. The number of nitrogens with two attached hydrogens (primary N) is 1. The molecule has 12 atom stereocenters. The van der Waals surface area contributed by atoms with E-state index in [9.17, 15) is 19.8 Å². The Labute approximate surface area is 258 Å². The van der Waals surface area contributed by atoms with Crippen LogP contribution in [0.3, 0.4) is 0 Å². The van der Waals surface area contributed by atoms with Gasteiger partial charge in [0.25, 0.3) is 0 Å². The van der Waals surface area contributed by atoms with E-state index in [0.29, 0.717) is 11.8 Å². The molecular weight excluding hydrogens is 546 g/mol. The highest BCUT2D eigenvalue weighted by molar-refractivity contribution is 5.77. The first-order valence-corrected chi connectivity index (χ1v) is 17.0. The molecule has 0 amide bonds. The van der Waals surface area contributed by atoms with Crippen LogP contribution in [-0.2, 0) is 19.1 Å². The van der Waals surface area contributed by atoms with Crippen LogP contribution in [-0.4, -0.2) is 62.8 Å². The average Bonchev–Trinajstić information content (AvgIpc) is 3.48. The number of hydrogen-bond donors (Lipinski definition) is 4. The van der Waals surface area contributed by atoms with E-state index >= 15 is 0 Å². The fraction of sp³-hybridized carbons (Fsp3) is 0.943. The molecule has 8 nitrogen and oxygen atoms in total. The highest BCUT2D eigenvalue weighted by Gasteiger charge is 2.72. The number of ether oxygens (including phenoxy) is 2. The van der Waals surface area contributed by atoms with E-state index in [0.717, 1.165) is 57.8 Å². The van der Waals surface area contributed by atoms with E-state index in [2.05, 4.69) is 41.5 Å². The first-order chi connectivity index (χ1) is 19.7. The van der Waals surface area contributed by atoms with Crippen LogP contribution >= 0.6 is 0 Å². The predicted molar refractivity (Wildman–Crippen MR) is 164 cm³/mol. The molecule has 8 heteroatoms. The number of carboxylic acids is 1. The molecule has 4 aliphatic carbocycles. The molecule has 1 heterocycles. The summed E-state index contributed by atoms with van der Waals surface area (Å²) >= 11 is 0. The number of carboxylic acid groups (broad SMARTS) is 1. The minimum absolute atomic E-state index is 0.00234. The summed E-state index contributed by atoms with van der Waals surface area (Å²) in [5.74, 6) is -0.364. The van der Waals surface area contributed by atoms with Crippen molar-refractivity contribution in [2.24, 2.45) is 51.1 Å². The monoisotopic (exact) mass is 605 g/mol. The van der Waals surface area contributed by atoms with Gasteiger partial charge in [-0.3, -0.25) is 9.59 Å². The number of esters is 1. The van der Waals surface area contributed by atoms with Crippen LogP contribution in [0, 0.1) is 45.3 Å². The van der Waals surface area contributed by atoms with Crippen molar-refractivity contribution in [2.75, 3.05) is 0 Å². The van der Waals surface area contributed by atoms with Crippen molar-refractivity contribution in [1.82, 2.24) is 0 Å². The summed E-state index contributed by atoms with van der Waals surface area (Å²) in [6, 6.07) is -0.931. The van der Waals surface area contributed by atoms with Crippen LogP contribution in [0.15, 0.2) is 0 Å². The summed E-state index contributed by atoms with van der Waals surface area (Å²) in [7, 11) is 0. The minimum Gasteiger partial charge on any atom is -0.481 e. The molecule has 0 bridgehead atoms. The van der Waals surface area contributed by atoms with Gasteiger partial charge in [-0.2, -0.15) is 0 Å². The highest BCUT2D eigenvalue weighted by Crippen LogP contribution is 2.76. The second-order valence-electron chi connectivity index (χ2n) is 17.4. The van der Waals surface area contributed by atoms with E-state index in [4.69, 9.17) is 20.3 Å². The first kappa shape index (κ1) is 33.2. The van der Waals surface area contributed by atoms with Gasteiger partial charge in [0.1, 0.15) is 12.1 Å². The van der Waals surface area contributed by atoms with Crippen molar-refractivity contribution in [3.63, 3.8) is 0 Å². The smallest absolute Gasteiger partial charge is 0.323 e. The van der Waals surface area contributed by atoms with Crippen molar-refractivity contribution < 1.29 is 34.4 Å². The highest BCUT2D eigenvalue weighted by atomic mass is 16.5. The van der Waals surface area contributed by atoms with Gasteiger partial charge in [-0.15, -0.1) is 0 Å². The maximum Gasteiger partial charge on any atom is 0.323 e. The zero-order valence-electron chi connectivity index (χ0n) is 27.9. The Morgan fingerprint density at radius 3 is 2.21 bits per heavy atom.